The van der Waals surface area contributed by atoms with Crippen molar-refractivity contribution in [1.29, 1.82) is 0 Å². The molecular weight excluding hydrogens is 206 g/mol. The van der Waals surface area contributed by atoms with E-state index in [9.17, 15) is 4.79 Å². The van der Waals surface area contributed by atoms with Crippen LogP contribution >= 0.6 is 0 Å². The summed E-state index contributed by atoms with van der Waals surface area (Å²) in [4.78, 5) is 13.4. The molecule has 0 unspecified atom stereocenters. The summed E-state index contributed by atoms with van der Waals surface area (Å²) in [6.45, 7) is 4.09. The zero-order valence-electron chi connectivity index (χ0n) is 9.32. The van der Waals surface area contributed by atoms with Gasteiger partial charge in [-0.3, -0.25) is 4.79 Å². The van der Waals surface area contributed by atoms with Crippen LogP contribution in [-0.2, 0) is 6.54 Å². The van der Waals surface area contributed by atoms with Crippen molar-refractivity contribution < 1.29 is 14.3 Å². The van der Waals surface area contributed by atoms with Crippen molar-refractivity contribution in [3.8, 4) is 11.5 Å². The summed E-state index contributed by atoms with van der Waals surface area (Å²) < 4.78 is 10.5. The van der Waals surface area contributed by atoms with Crippen molar-refractivity contribution in [3.63, 3.8) is 0 Å². The average Bonchev–Trinajstić information content (AvgIpc) is 2.65. The highest BCUT2D eigenvalue weighted by Crippen LogP contribution is 2.38. The second-order valence-electron chi connectivity index (χ2n) is 3.44. The molecule has 0 fully saturated rings. The molecule has 0 saturated carbocycles. The molecule has 1 aliphatic rings. The van der Waals surface area contributed by atoms with E-state index in [0.717, 1.165) is 5.56 Å². The van der Waals surface area contributed by atoms with Gasteiger partial charge in [-0.2, -0.15) is 0 Å². The fourth-order valence-electron chi connectivity index (χ4n) is 1.89. The molecule has 16 heavy (non-hydrogen) atoms. The van der Waals surface area contributed by atoms with Crippen molar-refractivity contribution in [2.75, 3.05) is 14.2 Å². The molecule has 1 aromatic rings. The van der Waals surface area contributed by atoms with Gasteiger partial charge in [-0.1, -0.05) is 6.58 Å². The molecule has 1 aliphatic heterocycles. The summed E-state index contributed by atoms with van der Waals surface area (Å²) >= 11 is 0. The van der Waals surface area contributed by atoms with E-state index in [0.29, 0.717) is 23.6 Å². The molecule has 0 aromatic heterocycles. The summed E-state index contributed by atoms with van der Waals surface area (Å²) in [5, 5.41) is 0. The van der Waals surface area contributed by atoms with Crippen molar-refractivity contribution in [3.05, 3.63) is 36.0 Å². The van der Waals surface area contributed by atoms with E-state index in [-0.39, 0.29) is 5.91 Å². The van der Waals surface area contributed by atoms with Crippen LogP contribution in [0.2, 0.25) is 0 Å². The number of rotatable bonds is 3. The first-order valence-corrected chi connectivity index (χ1v) is 4.90. The number of methoxy groups -OCH3 is 2. The quantitative estimate of drug-likeness (QED) is 0.778. The van der Waals surface area contributed by atoms with Crippen LogP contribution in [-0.4, -0.2) is 25.0 Å². The van der Waals surface area contributed by atoms with Crippen LogP contribution in [0, 0.1) is 0 Å². The SMILES string of the molecule is C=CN1Cc2c(ccc(OC)c2OC)C1=O. The van der Waals surface area contributed by atoms with Crippen LogP contribution in [0.3, 0.4) is 0 Å². The smallest absolute Gasteiger partial charge is 0.258 e. The molecule has 0 aliphatic carbocycles. The second kappa shape index (κ2) is 3.89. The number of ether oxygens (including phenoxy) is 2. The van der Waals surface area contributed by atoms with Gasteiger partial charge in [0.25, 0.3) is 5.91 Å². The Hall–Kier alpha value is -1.97. The van der Waals surface area contributed by atoms with Crippen molar-refractivity contribution in [2.24, 2.45) is 0 Å². The molecule has 0 atom stereocenters. The van der Waals surface area contributed by atoms with Crippen LogP contribution in [0.1, 0.15) is 15.9 Å². The van der Waals surface area contributed by atoms with Gasteiger partial charge in [0.1, 0.15) is 0 Å². The van der Waals surface area contributed by atoms with Gasteiger partial charge in [0.05, 0.1) is 20.8 Å². The first-order chi connectivity index (χ1) is 7.72. The summed E-state index contributed by atoms with van der Waals surface area (Å²) in [5.41, 5.74) is 1.50. The Morgan fingerprint density at radius 1 is 1.38 bits per heavy atom. The number of benzene rings is 1. The van der Waals surface area contributed by atoms with Crippen LogP contribution in [0.5, 0.6) is 11.5 Å². The number of carbonyl (C=O) groups is 1. The highest BCUT2D eigenvalue weighted by Gasteiger charge is 2.30. The van der Waals surface area contributed by atoms with Crippen molar-refractivity contribution in [1.82, 2.24) is 4.90 Å². The molecule has 0 spiro atoms. The van der Waals surface area contributed by atoms with Gasteiger partial charge < -0.3 is 14.4 Å². The van der Waals surface area contributed by atoms with Gasteiger partial charge in [0.15, 0.2) is 11.5 Å². The molecule has 1 aromatic carbocycles. The average molecular weight is 219 g/mol. The number of hydrogen-bond donors (Lipinski definition) is 0. The maximum Gasteiger partial charge on any atom is 0.258 e. The van der Waals surface area contributed by atoms with Crippen LogP contribution in [0.4, 0.5) is 0 Å². The lowest BCUT2D eigenvalue weighted by molar-refractivity contribution is 0.0842. The third-order valence-electron chi connectivity index (χ3n) is 2.69. The minimum absolute atomic E-state index is 0.0500. The van der Waals surface area contributed by atoms with Gasteiger partial charge in [-0.15, -0.1) is 0 Å². The number of hydrogen-bond acceptors (Lipinski definition) is 3. The van der Waals surface area contributed by atoms with E-state index in [1.54, 1.807) is 31.3 Å². The zero-order valence-corrected chi connectivity index (χ0v) is 9.32. The summed E-state index contributed by atoms with van der Waals surface area (Å²) in [5.74, 6) is 1.21. The summed E-state index contributed by atoms with van der Waals surface area (Å²) in [6.07, 6.45) is 1.52. The largest absolute Gasteiger partial charge is 0.493 e. The predicted molar refractivity (Wildman–Crippen MR) is 59.6 cm³/mol. The number of nitrogens with zero attached hydrogens (tertiary/aromatic N) is 1. The Kier molecular flexibility index (Phi) is 2.56. The lowest BCUT2D eigenvalue weighted by Crippen LogP contribution is -2.15. The van der Waals surface area contributed by atoms with Crippen LogP contribution in [0.25, 0.3) is 0 Å². The molecule has 0 saturated heterocycles. The van der Waals surface area contributed by atoms with Gasteiger partial charge in [-0.25, -0.2) is 0 Å². The van der Waals surface area contributed by atoms with E-state index in [4.69, 9.17) is 9.47 Å². The third-order valence-corrected chi connectivity index (χ3v) is 2.69. The summed E-state index contributed by atoms with van der Waals surface area (Å²) in [7, 11) is 3.14. The van der Waals surface area contributed by atoms with Crippen molar-refractivity contribution >= 4 is 5.91 Å². The lowest BCUT2D eigenvalue weighted by Gasteiger charge is -2.10. The third kappa shape index (κ3) is 1.34. The second-order valence-corrected chi connectivity index (χ2v) is 3.44. The van der Waals surface area contributed by atoms with Gasteiger partial charge in [0, 0.05) is 17.3 Å². The van der Waals surface area contributed by atoms with Gasteiger partial charge >= 0.3 is 0 Å². The highest BCUT2D eigenvalue weighted by atomic mass is 16.5. The molecule has 1 heterocycles. The zero-order chi connectivity index (χ0) is 11.7. The number of amides is 1. The standard InChI is InChI=1S/C12H13NO3/c1-4-13-7-9-8(12(13)14)5-6-10(15-2)11(9)16-3/h4-6H,1,7H2,2-3H3. The molecule has 4 nitrogen and oxygen atoms in total. The summed E-state index contributed by atoms with van der Waals surface area (Å²) in [6, 6.07) is 3.49. The minimum Gasteiger partial charge on any atom is -0.493 e. The highest BCUT2D eigenvalue weighted by molar-refractivity contribution is 6.00. The van der Waals surface area contributed by atoms with E-state index >= 15 is 0 Å². The molecule has 0 bridgehead atoms. The van der Waals surface area contributed by atoms with Gasteiger partial charge in [-0.05, 0) is 12.1 Å². The molecule has 1 amide bonds. The lowest BCUT2D eigenvalue weighted by atomic mass is 10.1. The Labute approximate surface area is 94.1 Å². The Bertz CT molecular complexity index is 454. The molecular formula is C12H13NO3. The Morgan fingerprint density at radius 3 is 2.69 bits per heavy atom. The van der Waals surface area contributed by atoms with Crippen molar-refractivity contribution in [2.45, 2.75) is 6.54 Å². The van der Waals surface area contributed by atoms with E-state index in [1.807, 2.05) is 0 Å². The van der Waals surface area contributed by atoms with E-state index < -0.39 is 0 Å². The first-order valence-electron chi connectivity index (χ1n) is 4.90. The normalized spacial score (nSPS) is 13.6. The fraction of sp³-hybridized carbons (Fsp3) is 0.250. The Morgan fingerprint density at radius 2 is 2.12 bits per heavy atom. The molecule has 4 heteroatoms. The predicted octanol–water partition coefficient (Wildman–Crippen LogP) is 1.80. The monoisotopic (exact) mass is 219 g/mol. The van der Waals surface area contributed by atoms with E-state index in [2.05, 4.69) is 6.58 Å². The molecule has 0 radical (unpaired) electrons. The fourth-order valence-corrected chi connectivity index (χ4v) is 1.89. The topological polar surface area (TPSA) is 38.8 Å². The van der Waals surface area contributed by atoms with Gasteiger partial charge in [0.2, 0.25) is 0 Å². The maximum absolute atomic E-state index is 11.9. The number of carbonyl (C=O) groups excluding carboxylic acids is 1. The number of fused-ring (bicyclic) bond motifs is 1. The molecule has 84 valence electrons. The molecule has 2 rings (SSSR count). The maximum atomic E-state index is 11.9. The van der Waals surface area contributed by atoms with E-state index in [1.165, 1.54) is 6.20 Å². The molecule has 0 N–H and O–H groups in total. The van der Waals surface area contributed by atoms with Crippen LogP contribution in [0.15, 0.2) is 24.9 Å². The first kappa shape index (κ1) is 10.5. The Balaban J connectivity index is 2.56. The van der Waals surface area contributed by atoms with Crippen LogP contribution < -0.4 is 9.47 Å². The minimum atomic E-state index is -0.0500.